The van der Waals surface area contributed by atoms with Crippen LogP contribution in [0.4, 0.5) is 0 Å². The van der Waals surface area contributed by atoms with E-state index >= 15 is 0 Å². The molecule has 2 atom stereocenters. The van der Waals surface area contributed by atoms with Crippen LogP contribution in [0.15, 0.2) is 36.1 Å². The molecular formula is C20H25NO3. The van der Waals surface area contributed by atoms with Gasteiger partial charge in [0.15, 0.2) is 12.5 Å². The first-order valence-corrected chi connectivity index (χ1v) is 8.56. The Hall–Kier alpha value is -2.10. The topological polar surface area (TPSA) is 46.6 Å². The maximum atomic E-state index is 13.1. The quantitative estimate of drug-likeness (QED) is 0.830. The molecule has 0 saturated heterocycles. The maximum absolute atomic E-state index is 13.1. The minimum absolute atomic E-state index is 0.112. The molecule has 0 radical (unpaired) electrons. The van der Waals surface area contributed by atoms with Crippen LogP contribution in [0.1, 0.15) is 46.1 Å². The number of carbonyl (C=O) groups excluding carboxylic acids is 2. The highest BCUT2D eigenvalue weighted by molar-refractivity contribution is 6.21. The van der Waals surface area contributed by atoms with E-state index in [9.17, 15) is 9.59 Å². The molecule has 1 aliphatic carbocycles. The lowest BCUT2D eigenvalue weighted by Gasteiger charge is -2.40. The molecule has 4 heteroatoms. The zero-order chi connectivity index (χ0) is 17.5. The second kappa shape index (κ2) is 6.08. The van der Waals surface area contributed by atoms with Crippen molar-refractivity contribution < 1.29 is 14.3 Å². The van der Waals surface area contributed by atoms with Gasteiger partial charge in [-0.15, -0.1) is 0 Å². The van der Waals surface area contributed by atoms with Crippen molar-refractivity contribution in [3.63, 3.8) is 0 Å². The van der Waals surface area contributed by atoms with Gasteiger partial charge in [0, 0.05) is 6.42 Å². The summed E-state index contributed by atoms with van der Waals surface area (Å²) in [4.78, 5) is 27.4. The fraction of sp³-hybridized carbons (Fsp3) is 0.500. The SMILES string of the molecule is CC1=C(c2ccccc2)C(=O)N(C(C)(C)C(=O)CC2CC2C)CO1. The van der Waals surface area contributed by atoms with Crippen LogP contribution in [-0.4, -0.2) is 28.9 Å². The number of Topliss-reactive ketones (excluding diaryl/α,β-unsaturated/α-hetero) is 1. The van der Waals surface area contributed by atoms with E-state index in [0.717, 1.165) is 12.0 Å². The fourth-order valence-corrected chi connectivity index (χ4v) is 3.25. The fourth-order valence-electron chi connectivity index (χ4n) is 3.25. The third kappa shape index (κ3) is 2.97. The zero-order valence-electron chi connectivity index (χ0n) is 14.8. The van der Waals surface area contributed by atoms with Crippen molar-refractivity contribution in [1.82, 2.24) is 4.90 Å². The predicted octanol–water partition coefficient (Wildman–Crippen LogP) is 3.63. The monoisotopic (exact) mass is 327 g/mol. The van der Waals surface area contributed by atoms with E-state index in [1.165, 1.54) is 0 Å². The molecule has 4 nitrogen and oxygen atoms in total. The van der Waals surface area contributed by atoms with Crippen molar-refractivity contribution in [3.8, 4) is 0 Å². The lowest BCUT2D eigenvalue weighted by atomic mass is 9.90. The van der Waals surface area contributed by atoms with Gasteiger partial charge in [-0.2, -0.15) is 0 Å². The minimum Gasteiger partial charge on any atom is -0.477 e. The Balaban J connectivity index is 1.84. The molecule has 3 rings (SSSR count). The van der Waals surface area contributed by atoms with Crippen molar-refractivity contribution in [3.05, 3.63) is 41.7 Å². The zero-order valence-corrected chi connectivity index (χ0v) is 14.8. The standard InChI is InChI=1S/C20H25NO3/c1-13-10-16(13)11-17(22)20(3,4)21-12-24-14(2)18(19(21)23)15-8-6-5-7-9-15/h5-9,13,16H,10-12H2,1-4H3. The van der Waals surface area contributed by atoms with Crippen LogP contribution in [0.25, 0.3) is 5.57 Å². The summed E-state index contributed by atoms with van der Waals surface area (Å²) in [5.41, 5.74) is 0.506. The third-order valence-corrected chi connectivity index (χ3v) is 5.36. The summed E-state index contributed by atoms with van der Waals surface area (Å²) in [5.74, 6) is 1.69. The smallest absolute Gasteiger partial charge is 0.261 e. The summed E-state index contributed by atoms with van der Waals surface area (Å²) in [7, 11) is 0. The van der Waals surface area contributed by atoms with E-state index < -0.39 is 5.54 Å². The Bertz CT molecular complexity index is 690. The van der Waals surface area contributed by atoms with Gasteiger partial charge in [-0.05, 0) is 44.6 Å². The van der Waals surface area contributed by atoms with Crippen LogP contribution >= 0.6 is 0 Å². The third-order valence-electron chi connectivity index (χ3n) is 5.36. The van der Waals surface area contributed by atoms with Gasteiger partial charge in [-0.1, -0.05) is 37.3 Å². The number of nitrogens with zero attached hydrogens (tertiary/aromatic N) is 1. The molecule has 0 N–H and O–H groups in total. The molecule has 0 aromatic heterocycles. The van der Waals surface area contributed by atoms with Crippen molar-refractivity contribution >= 4 is 17.3 Å². The normalized spacial score (nSPS) is 24.0. The summed E-state index contributed by atoms with van der Waals surface area (Å²) in [5, 5.41) is 0. The van der Waals surface area contributed by atoms with Gasteiger partial charge in [0.1, 0.15) is 5.76 Å². The highest BCUT2D eigenvalue weighted by Gasteiger charge is 2.44. The summed E-state index contributed by atoms with van der Waals surface area (Å²) in [6, 6.07) is 9.49. The molecule has 0 bridgehead atoms. The molecule has 1 aromatic carbocycles. The number of ketones is 1. The van der Waals surface area contributed by atoms with E-state index in [1.54, 1.807) is 11.8 Å². The number of ether oxygens (including phenoxy) is 1. The van der Waals surface area contributed by atoms with Gasteiger partial charge in [-0.3, -0.25) is 14.5 Å². The average molecular weight is 327 g/mol. The van der Waals surface area contributed by atoms with Crippen LogP contribution in [-0.2, 0) is 14.3 Å². The van der Waals surface area contributed by atoms with Crippen molar-refractivity contribution in [1.29, 1.82) is 0 Å². The molecule has 1 amide bonds. The highest BCUT2D eigenvalue weighted by atomic mass is 16.5. The highest BCUT2D eigenvalue weighted by Crippen LogP contribution is 2.42. The molecule has 1 heterocycles. The lowest BCUT2D eigenvalue weighted by molar-refractivity contribution is -0.148. The van der Waals surface area contributed by atoms with Gasteiger partial charge in [-0.25, -0.2) is 0 Å². The van der Waals surface area contributed by atoms with Crippen LogP contribution in [0.3, 0.4) is 0 Å². The van der Waals surface area contributed by atoms with Gasteiger partial charge in [0.25, 0.3) is 5.91 Å². The number of rotatable bonds is 5. The van der Waals surface area contributed by atoms with Crippen molar-refractivity contribution in [2.45, 2.75) is 46.1 Å². The first kappa shape index (κ1) is 16.7. The maximum Gasteiger partial charge on any atom is 0.261 e. The lowest BCUT2D eigenvalue weighted by Crippen LogP contribution is -2.55. The van der Waals surface area contributed by atoms with Crippen molar-refractivity contribution in [2.24, 2.45) is 11.8 Å². The minimum atomic E-state index is -0.861. The largest absolute Gasteiger partial charge is 0.477 e. The van der Waals surface area contributed by atoms with Crippen molar-refractivity contribution in [2.75, 3.05) is 6.73 Å². The van der Waals surface area contributed by atoms with E-state index in [2.05, 4.69) is 6.92 Å². The molecule has 128 valence electrons. The predicted molar refractivity (Wildman–Crippen MR) is 92.8 cm³/mol. The van der Waals surface area contributed by atoms with Crippen LogP contribution in [0.5, 0.6) is 0 Å². The summed E-state index contributed by atoms with van der Waals surface area (Å²) < 4.78 is 5.74. The number of amides is 1. The number of allylic oxidation sites excluding steroid dienone is 1. The van der Waals surface area contributed by atoms with Gasteiger partial charge >= 0.3 is 0 Å². The molecule has 0 spiro atoms. The Morgan fingerprint density at radius 3 is 2.50 bits per heavy atom. The second-order valence-electron chi connectivity index (χ2n) is 7.46. The molecule has 24 heavy (non-hydrogen) atoms. The summed E-state index contributed by atoms with van der Waals surface area (Å²) in [6.45, 7) is 7.75. The number of benzene rings is 1. The summed E-state index contributed by atoms with van der Waals surface area (Å²) in [6.07, 6.45) is 1.65. The molecule has 1 aliphatic heterocycles. The van der Waals surface area contributed by atoms with E-state index in [4.69, 9.17) is 4.74 Å². The Labute approximate surface area is 143 Å². The van der Waals surface area contributed by atoms with E-state index in [0.29, 0.717) is 29.6 Å². The molecule has 1 aromatic rings. The Kier molecular flexibility index (Phi) is 4.24. The molecule has 1 fully saturated rings. The average Bonchev–Trinajstić information content (AvgIpc) is 3.23. The first-order chi connectivity index (χ1) is 11.3. The summed E-state index contributed by atoms with van der Waals surface area (Å²) >= 11 is 0. The number of hydrogen-bond donors (Lipinski definition) is 0. The molecule has 2 aliphatic rings. The van der Waals surface area contributed by atoms with Gasteiger partial charge < -0.3 is 4.74 Å². The van der Waals surface area contributed by atoms with Crippen LogP contribution in [0.2, 0.25) is 0 Å². The number of carbonyl (C=O) groups is 2. The van der Waals surface area contributed by atoms with E-state index in [1.807, 2.05) is 44.2 Å². The second-order valence-corrected chi connectivity index (χ2v) is 7.46. The molecular weight excluding hydrogens is 302 g/mol. The molecule has 1 saturated carbocycles. The Morgan fingerprint density at radius 1 is 1.29 bits per heavy atom. The number of hydrogen-bond acceptors (Lipinski definition) is 3. The van der Waals surface area contributed by atoms with E-state index in [-0.39, 0.29) is 18.4 Å². The molecule has 2 unspecified atom stereocenters. The Morgan fingerprint density at radius 2 is 1.92 bits per heavy atom. The van der Waals surface area contributed by atoms with Gasteiger partial charge in [0.05, 0.1) is 11.1 Å². The first-order valence-electron chi connectivity index (χ1n) is 8.56. The van der Waals surface area contributed by atoms with Crippen LogP contribution < -0.4 is 0 Å². The van der Waals surface area contributed by atoms with Crippen LogP contribution in [0, 0.1) is 11.8 Å². The van der Waals surface area contributed by atoms with Gasteiger partial charge in [0.2, 0.25) is 0 Å².